The Morgan fingerprint density at radius 1 is 1.03 bits per heavy atom. The van der Waals surface area contributed by atoms with E-state index in [0.717, 1.165) is 0 Å². The maximum absolute atomic E-state index is 13.3. The van der Waals surface area contributed by atoms with Crippen molar-refractivity contribution >= 4 is 22.6 Å². The second-order valence-corrected chi connectivity index (χ2v) is 7.84. The minimum atomic E-state index is -0.677. The number of aryl methyl sites for hydroxylation is 1. The molecule has 2 heterocycles. The summed E-state index contributed by atoms with van der Waals surface area (Å²) < 4.78 is 22.5. The molecule has 0 saturated carbocycles. The number of fused-ring (bicyclic) bond motifs is 2. The summed E-state index contributed by atoms with van der Waals surface area (Å²) in [7, 11) is 0. The molecule has 0 unspecified atom stereocenters. The summed E-state index contributed by atoms with van der Waals surface area (Å²) >= 11 is 0. The minimum Gasteiger partial charge on any atom is -0.486 e. The fourth-order valence-electron chi connectivity index (χ4n) is 3.86. The van der Waals surface area contributed by atoms with Crippen LogP contribution >= 0.6 is 0 Å². The molecule has 0 atom stereocenters. The fourth-order valence-corrected chi connectivity index (χ4v) is 3.86. The summed E-state index contributed by atoms with van der Waals surface area (Å²) in [6, 6.07) is 13.5. The Bertz CT molecular complexity index is 1520. The first-order chi connectivity index (χ1) is 16.9. The van der Waals surface area contributed by atoms with Gasteiger partial charge in [0, 0.05) is 18.2 Å². The van der Waals surface area contributed by atoms with Crippen LogP contribution in [-0.4, -0.2) is 24.1 Å². The van der Waals surface area contributed by atoms with Crippen LogP contribution in [0.25, 0.3) is 22.1 Å². The molecule has 1 aliphatic rings. The number of nitro benzene ring substituents is 1. The van der Waals surface area contributed by atoms with Crippen LogP contribution in [-0.2, 0) is 6.42 Å². The van der Waals surface area contributed by atoms with Crippen LogP contribution in [0, 0.1) is 10.1 Å². The number of carbonyl (C=O) groups is 1. The van der Waals surface area contributed by atoms with Crippen LogP contribution < -0.4 is 19.6 Å². The lowest BCUT2D eigenvalue weighted by Gasteiger charge is -2.18. The summed E-state index contributed by atoms with van der Waals surface area (Å²) in [6.45, 7) is 2.78. The van der Waals surface area contributed by atoms with Gasteiger partial charge in [-0.3, -0.25) is 14.9 Å². The Kier molecular flexibility index (Phi) is 5.66. The zero-order valence-corrected chi connectivity index (χ0v) is 18.6. The van der Waals surface area contributed by atoms with Gasteiger partial charge in [0.05, 0.1) is 21.4 Å². The molecule has 0 bridgehead atoms. The van der Waals surface area contributed by atoms with Crippen LogP contribution in [0.1, 0.15) is 22.8 Å². The largest absolute Gasteiger partial charge is 0.486 e. The molecule has 0 fully saturated rings. The van der Waals surface area contributed by atoms with E-state index in [-0.39, 0.29) is 28.0 Å². The molecular formula is C26H19NO8. The molecule has 35 heavy (non-hydrogen) atoms. The van der Waals surface area contributed by atoms with Gasteiger partial charge in [0.1, 0.15) is 30.8 Å². The van der Waals surface area contributed by atoms with Gasteiger partial charge in [0.2, 0.25) is 5.43 Å². The van der Waals surface area contributed by atoms with Crippen molar-refractivity contribution in [2.45, 2.75) is 13.3 Å². The Labute approximate surface area is 198 Å². The smallest absolute Gasteiger partial charge is 0.343 e. The number of nitro groups is 1. The van der Waals surface area contributed by atoms with Crippen molar-refractivity contribution in [1.29, 1.82) is 0 Å². The number of rotatable bonds is 5. The maximum Gasteiger partial charge on any atom is 0.343 e. The molecule has 0 aliphatic carbocycles. The maximum atomic E-state index is 13.3. The highest BCUT2D eigenvalue weighted by molar-refractivity contribution is 5.92. The van der Waals surface area contributed by atoms with Crippen molar-refractivity contribution < 1.29 is 28.3 Å². The Morgan fingerprint density at radius 3 is 2.49 bits per heavy atom. The zero-order chi connectivity index (χ0) is 24.5. The third-order valence-corrected chi connectivity index (χ3v) is 5.71. The highest BCUT2D eigenvalue weighted by Crippen LogP contribution is 2.35. The summed E-state index contributed by atoms with van der Waals surface area (Å²) in [4.78, 5) is 36.2. The van der Waals surface area contributed by atoms with E-state index in [9.17, 15) is 19.7 Å². The van der Waals surface area contributed by atoms with Crippen LogP contribution in [0.5, 0.6) is 17.2 Å². The molecular weight excluding hydrogens is 454 g/mol. The summed E-state index contributed by atoms with van der Waals surface area (Å²) in [5.74, 6) is 0.761. The molecule has 0 saturated heterocycles. The number of esters is 1. The minimum absolute atomic E-state index is 0.128. The van der Waals surface area contributed by atoms with Gasteiger partial charge in [-0.1, -0.05) is 13.0 Å². The summed E-state index contributed by atoms with van der Waals surface area (Å²) in [5, 5.41) is 11.2. The Hall–Kier alpha value is -4.66. The molecule has 1 aliphatic heterocycles. The molecule has 9 nitrogen and oxygen atoms in total. The lowest BCUT2D eigenvalue weighted by molar-refractivity contribution is -0.384. The third kappa shape index (κ3) is 4.19. The van der Waals surface area contributed by atoms with Crippen molar-refractivity contribution in [3.63, 3.8) is 0 Å². The SMILES string of the molecule is CCc1cc2c(=O)c(-c3ccc4c(c3)OCCO4)coc2cc1OC(=O)c1ccc([N+](=O)[O-])cc1. The van der Waals surface area contributed by atoms with Crippen molar-refractivity contribution in [3.8, 4) is 28.4 Å². The molecule has 0 amide bonds. The predicted molar refractivity (Wildman–Crippen MR) is 126 cm³/mol. The number of ether oxygens (including phenoxy) is 3. The molecule has 1 aromatic heterocycles. The van der Waals surface area contributed by atoms with Crippen molar-refractivity contribution in [2.75, 3.05) is 13.2 Å². The molecule has 5 rings (SSSR count). The normalized spacial score (nSPS) is 12.4. The Morgan fingerprint density at radius 2 is 1.77 bits per heavy atom. The van der Waals surface area contributed by atoms with Gasteiger partial charge in [0.15, 0.2) is 11.5 Å². The van der Waals surface area contributed by atoms with E-state index in [2.05, 4.69) is 0 Å². The van der Waals surface area contributed by atoms with E-state index in [1.54, 1.807) is 24.3 Å². The number of hydrogen-bond donors (Lipinski definition) is 0. The van der Waals surface area contributed by atoms with Gasteiger partial charge in [-0.05, 0) is 47.9 Å². The predicted octanol–water partition coefficient (Wildman–Crippen LogP) is 4.92. The van der Waals surface area contributed by atoms with E-state index in [0.29, 0.717) is 53.2 Å². The molecule has 0 spiro atoms. The Balaban J connectivity index is 1.49. The van der Waals surface area contributed by atoms with Crippen molar-refractivity contribution in [3.05, 3.63) is 92.3 Å². The van der Waals surface area contributed by atoms with E-state index in [4.69, 9.17) is 18.6 Å². The number of hydrogen-bond acceptors (Lipinski definition) is 8. The first kappa shape index (κ1) is 22.1. The first-order valence-electron chi connectivity index (χ1n) is 10.9. The van der Waals surface area contributed by atoms with E-state index in [1.807, 2.05) is 6.92 Å². The second kappa shape index (κ2) is 8.94. The van der Waals surface area contributed by atoms with Crippen molar-refractivity contribution in [1.82, 2.24) is 0 Å². The van der Waals surface area contributed by atoms with Gasteiger partial charge in [-0.15, -0.1) is 0 Å². The van der Waals surface area contributed by atoms with Crippen LogP contribution in [0.2, 0.25) is 0 Å². The lowest BCUT2D eigenvalue weighted by atomic mass is 10.0. The van der Waals surface area contributed by atoms with Gasteiger partial charge < -0.3 is 18.6 Å². The monoisotopic (exact) mass is 473 g/mol. The van der Waals surface area contributed by atoms with E-state index < -0.39 is 10.9 Å². The zero-order valence-electron chi connectivity index (χ0n) is 18.6. The second-order valence-electron chi connectivity index (χ2n) is 7.84. The van der Waals surface area contributed by atoms with Gasteiger partial charge in [-0.2, -0.15) is 0 Å². The van der Waals surface area contributed by atoms with E-state index >= 15 is 0 Å². The highest BCUT2D eigenvalue weighted by Gasteiger charge is 2.19. The van der Waals surface area contributed by atoms with Gasteiger partial charge >= 0.3 is 5.97 Å². The summed E-state index contributed by atoms with van der Waals surface area (Å²) in [6.07, 6.45) is 1.86. The quantitative estimate of drug-likeness (QED) is 0.173. The highest BCUT2D eigenvalue weighted by atomic mass is 16.6. The van der Waals surface area contributed by atoms with Crippen LogP contribution in [0.4, 0.5) is 5.69 Å². The number of carbonyl (C=O) groups excluding carboxylic acids is 1. The molecule has 0 radical (unpaired) electrons. The number of benzene rings is 3. The van der Waals surface area contributed by atoms with E-state index in [1.165, 1.54) is 36.6 Å². The fraction of sp³-hybridized carbons (Fsp3) is 0.154. The van der Waals surface area contributed by atoms with Crippen LogP contribution in [0.15, 0.2) is 70.1 Å². The molecule has 4 aromatic rings. The molecule has 9 heteroatoms. The number of nitrogens with zero attached hydrogens (tertiary/aromatic N) is 1. The average molecular weight is 473 g/mol. The number of non-ortho nitro benzene ring substituents is 1. The van der Waals surface area contributed by atoms with Crippen LogP contribution in [0.3, 0.4) is 0 Å². The third-order valence-electron chi connectivity index (χ3n) is 5.71. The average Bonchev–Trinajstić information content (AvgIpc) is 2.88. The molecule has 3 aromatic carbocycles. The van der Waals surface area contributed by atoms with Crippen molar-refractivity contribution in [2.24, 2.45) is 0 Å². The van der Waals surface area contributed by atoms with Gasteiger partial charge in [0.25, 0.3) is 5.69 Å². The standard InChI is InChI=1S/C26H19NO8/c1-2-15-11-19-23(13-22(15)35-26(29)16-3-6-18(7-4-16)27(30)31)34-14-20(25(19)28)17-5-8-21-24(12-17)33-10-9-32-21/h3-8,11-14H,2,9-10H2,1H3. The first-order valence-corrected chi connectivity index (χ1v) is 10.9. The molecule has 0 N–H and O–H groups in total. The molecule has 176 valence electrons. The van der Waals surface area contributed by atoms with Gasteiger partial charge in [-0.25, -0.2) is 4.79 Å². The summed E-state index contributed by atoms with van der Waals surface area (Å²) in [5.41, 5.74) is 1.71. The topological polar surface area (TPSA) is 118 Å². The lowest BCUT2D eigenvalue weighted by Crippen LogP contribution is -2.15.